The lowest BCUT2D eigenvalue weighted by atomic mass is 9.98. The predicted octanol–water partition coefficient (Wildman–Crippen LogP) is 3.86. The maximum atomic E-state index is 5.51. The van der Waals surface area contributed by atoms with Crippen LogP contribution in [0.5, 0.6) is 11.8 Å². The highest BCUT2D eigenvalue weighted by molar-refractivity contribution is 5.85. The highest BCUT2D eigenvalue weighted by Gasteiger charge is 2.22. The van der Waals surface area contributed by atoms with Gasteiger partial charge in [-0.15, -0.1) is 15.3 Å². The minimum Gasteiger partial charge on any atom is -0.478 e. The molecule has 0 aliphatic heterocycles. The summed E-state index contributed by atoms with van der Waals surface area (Å²) in [5, 5.41) is 22.6. The lowest BCUT2D eigenvalue weighted by Crippen LogP contribution is -2.08. The van der Waals surface area contributed by atoms with Crippen molar-refractivity contribution in [1.82, 2.24) is 40.4 Å². The monoisotopic (exact) mass is 456 g/mol. The Hall–Kier alpha value is -4.34. The van der Waals surface area contributed by atoms with Crippen LogP contribution in [0.15, 0.2) is 48.5 Å². The molecule has 1 N–H and O–H groups in total. The van der Waals surface area contributed by atoms with Crippen molar-refractivity contribution in [2.24, 2.45) is 0 Å². The van der Waals surface area contributed by atoms with Gasteiger partial charge in [0.1, 0.15) is 11.3 Å². The Kier molecular flexibility index (Phi) is 5.62. The molecule has 0 spiro atoms. The summed E-state index contributed by atoms with van der Waals surface area (Å²) in [7, 11) is 3.15. The Morgan fingerprint density at radius 2 is 1.59 bits per heavy atom. The van der Waals surface area contributed by atoms with E-state index in [-0.39, 0.29) is 5.92 Å². The summed E-state index contributed by atoms with van der Waals surface area (Å²) in [4.78, 5) is 4.83. The van der Waals surface area contributed by atoms with Crippen LogP contribution >= 0.6 is 0 Å². The first kappa shape index (κ1) is 21.5. The molecule has 5 aromatic rings. The molecular formula is C24H24N8O2. The van der Waals surface area contributed by atoms with Crippen LogP contribution in [-0.2, 0) is 6.54 Å². The minimum absolute atomic E-state index is 0.184. The number of H-pyrrole nitrogens is 1. The first-order chi connectivity index (χ1) is 16.6. The van der Waals surface area contributed by atoms with Crippen molar-refractivity contribution in [2.75, 3.05) is 14.2 Å². The van der Waals surface area contributed by atoms with Gasteiger partial charge in [0.15, 0.2) is 11.3 Å². The van der Waals surface area contributed by atoms with Crippen LogP contribution in [0.2, 0.25) is 0 Å². The summed E-state index contributed by atoms with van der Waals surface area (Å²) in [6.07, 6.45) is 0. The quantitative estimate of drug-likeness (QED) is 0.392. The van der Waals surface area contributed by atoms with E-state index in [0.717, 1.165) is 33.6 Å². The molecule has 3 heterocycles. The summed E-state index contributed by atoms with van der Waals surface area (Å²) in [6, 6.07) is 16.5. The fourth-order valence-electron chi connectivity index (χ4n) is 4.08. The summed E-state index contributed by atoms with van der Waals surface area (Å²) in [5.74, 6) is 2.53. The summed E-state index contributed by atoms with van der Waals surface area (Å²) < 4.78 is 13.0. The number of nitrogens with one attached hydrogen (secondary N) is 1. The zero-order valence-electron chi connectivity index (χ0n) is 19.4. The Labute approximate surface area is 196 Å². The number of aromatic nitrogens is 8. The molecule has 0 atom stereocenters. The smallest absolute Gasteiger partial charge is 0.261 e. The van der Waals surface area contributed by atoms with E-state index >= 15 is 0 Å². The van der Waals surface area contributed by atoms with E-state index in [4.69, 9.17) is 14.5 Å². The largest absolute Gasteiger partial charge is 0.478 e. The van der Waals surface area contributed by atoms with Crippen LogP contribution in [0.4, 0.5) is 0 Å². The number of benzene rings is 2. The molecule has 0 fully saturated rings. The van der Waals surface area contributed by atoms with Gasteiger partial charge in [-0.2, -0.15) is 0 Å². The number of ether oxygens (including phenoxy) is 2. The van der Waals surface area contributed by atoms with Gasteiger partial charge >= 0.3 is 0 Å². The molecule has 10 heteroatoms. The van der Waals surface area contributed by atoms with Gasteiger partial charge < -0.3 is 14.0 Å². The number of nitrogens with zero attached hydrogens (tertiary/aromatic N) is 7. The fraction of sp³-hybridized carbons (Fsp3) is 0.250. The number of hydrogen-bond acceptors (Lipinski definition) is 8. The lowest BCUT2D eigenvalue weighted by Gasteiger charge is -2.13. The second kappa shape index (κ2) is 8.89. The van der Waals surface area contributed by atoms with E-state index in [1.54, 1.807) is 14.2 Å². The van der Waals surface area contributed by atoms with Gasteiger partial charge in [-0.05, 0) is 27.1 Å². The highest BCUT2D eigenvalue weighted by atomic mass is 16.5. The maximum Gasteiger partial charge on any atom is 0.261 e. The van der Waals surface area contributed by atoms with Crippen LogP contribution < -0.4 is 9.47 Å². The molecule has 0 amide bonds. The van der Waals surface area contributed by atoms with E-state index in [1.807, 2.05) is 18.2 Å². The molecule has 0 radical (unpaired) electrons. The standard InChI is InChI=1S/C24H24N8O2/c1-14(2)22-25-19-20(24(34-4)29-28-23(19)33-3)32(22)13-15-9-11-16(12-10-15)17-7-5-6-8-18(17)21-26-30-31-27-21/h5-12,14H,13H2,1-4H3,(H,26,27,30,31). The Morgan fingerprint density at radius 1 is 0.882 bits per heavy atom. The van der Waals surface area contributed by atoms with E-state index < -0.39 is 0 Å². The third-order valence-corrected chi connectivity index (χ3v) is 5.67. The van der Waals surface area contributed by atoms with Gasteiger partial charge in [-0.1, -0.05) is 62.4 Å². The predicted molar refractivity (Wildman–Crippen MR) is 127 cm³/mol. The molecule has 0 bridgehead atoms. The van der Waals surface area contributed by atoms with Crippen LogP contribution in [0, 0.1) is 0 Å². The number of aromatic amines is 1. The average molecular weight is 457 g/mol. The SMILES string of the molecule is COc1nnc(OC)c2c1nc(C(C)C)n2Cc1ccc(-c2ccccc2-c2nnn[nH]2)cc1. The van der Waals surface area contributed by atoms with Gasteiger partial charge in [-0.3, -0.25) is 0 Å². The van der Waals surface area contributed by atoms with Crippen molar-refractivity contribution < 1.29 is 9.47 Å². The Morgan fingerprint density at radius 3 is 2.24 bits per heavy atom. The number of hydrogen-bond donors (Lipinski definition) is 1. The number of tetrazole rings is 1. The van der Waals surface area contributed by atoms with Gasteiger partial charge in [0.25, 0.3) is 11.8 Å². The molecular weight excluding hydrogens is 432 g/mol. The van der Waals surface area contributed by atoms with Crippen molar-refractivity contribution in [3.05, 3.63) is 59.9 Å². The second-order valence-corrected chi connectivity index (χ2v) is 8.12. The van der Waals surface area contributed by atoms with Gasteiger partial charge in [-0.25, -0.2) is 10.1 Å². The molecule has 0 saturated heterocycles. The molecule has 34 heavy (non-hydrogen) atoms. The second-order valence-electron chi connectivity index (χ2n) is 8.12. The van der Waals surface area contributed by atoms with Crippen LogP contribution in [0.25, 0.3) is 33.5 Å². The third kappa shape index (κ3) is 3.72. The van der Waals surface area contributed by atoms with E-state index in [9.17, 15) is 0 Å². The first-order valence-electron chi connectivity index (χ1n) is 10.9. The van der Waals surface area contributed by atoms with Crippen molar-refractivity contribution >= 4 is 11.0 Å². The normalized spacial score (nSPS) is 11.3. The molecule has 0 aliphatic carbocycles. The van der Waals surface area contributed by atoms with Gasteiger partial charge in [0.05, 0.1) is 14.2 Å². The molecule has 172 valence electrons. The molecule has 5 rings (SSSR count). The Bertz CT molecular complexity index is 1430. The summed E-state index contributed by atoms with van der Waals surface area (Å²) >= 11 is 0. The molecule has 10 nitrogen and oxygen atoms in total. The summed E-state index contributed by atoms with van der Waals surface area (Å²) in [5.41, 5.74) is 5.58. The average Bonchev–Trinajstić information content (AvgIpc) is 3.53. The van der Waals surface area contributed by atoms with Crippen LogP contribution in [-0.4, -0.2) is 54.6 Å². The fourth-order valence-corrected chi connectivity index (χ4v) is 4.08. The number of rotatable bonds is 7. The van der Waals surface area contributed by atoms with Crippen molar-refractivity contribution in [2.45, 2.75) is 26.3 Å². The van der Waals surface area contributed by atoms with E-state index in [1.165, 1.54) is 0 Å². The molecule has 0 aliphatic rings. The topological polar surface area (TPSA) is 117 Å². The van der Waals surface area contributed by atoms with Crippen molar-refractivity contribution in [3.8, 4) is 34.3 Å². The van der Waals surface area contributed by atoms with Crippen LogP contribution in [0.1, 0.15) is 31.2 Å². The zero-order valence-corrected chi connectivity index (χ0v) is 19.4. The third-order valence-electron chi connectivity index (χ3n) is 5.67. The number of fused-ring (bicyclic) bond motifs is 1. The molecule has 3 aromatic heterocycles. The molecule has 0 saturated carbocycles. The zero-order chi connectivity index (χ0) is 23.7. The molecule has 2 aromatic carbocycles. The van der Waals surface area contributed by atoms with E-state index in [0.29, 0.717) is 29.6 Å². The lowest BCUT2D eigenvalue weighted by molar-refractivity contribution is 0.374. The van der Waals surface area contributed by atoms with Crippen molar-refractivity contribution in [1.29, 1.82) is 0 Å². The van der Waals surface area contributed by atoms with Crippen molar-refractivity contribution in [3.63, 3.8) is 0 Å². The maximum absolute atomic E-state index is 5.51. The highest BCUT2D eigenvalue weighted by Crippen LogP contribution is 2.33. The van der Waals surface area contributed by atoms with Gasteiger partial charge in [0.2, 0.25) is 0 Å². The van der Waals surface area contributed by atoms with Crippen LogP contribution in [0.3, 0.4) is 0 Å². The number of methoxy groups -OCH3 is 2. The van der Waals surface area contributed by atoms with Gasteiger partial charge in [0, 0.05) is 18.0 Å². The number of imidazole rings is 1. The Balaban J connectivity index is 1.55. The minimum atomic E-state index is 0.184. The summed E-state index contributed by atoms with van der Waals surface area (Å²) in [6.45, 7) is 4.81. The first-order valence-corrected chi connectivity index (χ1v) is 10.9. The van der Waals surface area contributed by atoms with E-state index in [2.05, 4.69) is 79.6 Å². The molecule has 0 unspecified atom stereocenters.